The standard InChI is InChI=1S/C19H32N.C2H6Si.2ClH.Hf/c1-2-3-4-5-6-7-8-11-16-20-19-15-14-17-12-9-10-13-18(17)19;1-3-2;;;/h9-10,12-13,17-19H,2-8,11,14-16H2,1H3;1-2H3;2*1H;/q-1;;;;+2/p-2. The molecule has 0 aromatic rings. The first-order chi connectivity index (χ1) is 11.6. The SMILES string of the molecule is CCCCCCCCCC[N-]C1CCC2C=CC=CC21.C[Si](C)=[Hf+2].[Cl-].[Cl-]. The van der Waals surface area contributed by atoms with Crippen molar-refractivity contribution < 1.29 is 47.8 Å². The van der Waals surface area contributed by atoms with Gasteiger partial charge in [0.2, 0.25) is 0 Å². The fourth-order valence-corrected chi connectivity index (χ4v) is 3.64. The largest absolute Gasteiger partial charge is 1.00 e. The molecule has 0 radical (unpaired) electrons. The van der Waals surface area contributed by atoms with Crippen molar-refractivity contribution in [2.45, 2.75) is 90.3 Å². The predicted molar refractivity (Wildman–Crippen MR) is 107 cm³/mol. The molecule has 3 unspecified atom stereocenters. The Hall–Kier alpha value is 1.11. The second kappa shape index (κ2) is 19.4. The zero-order chi connectivity index (χ0) is 17.6. The molecule has 0 aliphatic heterocycles. The van der Waals surface area contributed by atoms with Crippen molar-refractivity contribution in [2.75, 3.05) is 6.54 Å². The topological polar surface area (TPSA) is 14.1 Å². The molecular formula is C21H38Cl2HfNSi-. The Labute approximate surface area is 190 Å². The molecule has 0 spiro atoms. The quantitative estimate of drug-likeness (QED) is 0.268. The smallest absolute Gasteiger partial charge is 1.00 e. The Kier molecular flexibility index (Phi) is 21.9. The summed E-state index contributed by atoms with van der Waals surface area (Å²) < 4.78 is 0. The molecule has 1 nitrogen and oxygen atoms in total. The van der Waals surface area contributed by atoms with E-state index in [0.29, 0.717) is 12.0 Å². The normalized spacial score (nSPS) is 22.6. The molecule has 0 saturated heterocycles. The maximum absolute atomic E-state index is 4.97. The van der Waals surface area contributed by atoms with Gasteiger partial charge in [-0.3, -0.25) is 0 Å². The molecule has 0 bridgehead atoms. The molecule has 1 saturated carbocycles. The first-order valence-electron chi connectivity index (χ1n) is 10.2. The Morgan fingerprint density at radius 1 is 0.885 bits per heavy atom. The average Bonchev–Trinajstić information content (AvgIpc) is 2.96. The Bertz CT molecular complexity index is 397. The number of hydrogen-bond donors (Lipinski definition) is 0. The second-order valence-electron chi connectivity index (χ2n) is 7.54. The van der Waals surface area contributed by atoms with E-state index in [1.165, 1.54) is 87.2 Å². The fourth-order valence-electron chi connectivity index (χ4n) is 3.64. The summed E-state index contributed by atoms with van der Waals surface area (Å²) in [6.07, 6.45) is 23.0. The molecule has 0 aromatic carbocycles. The zero-order valence-corrected chi connectivity index (χ0v) is 23.1. The second-order valence-corrected chi connectivity index (χ2v) is 20.3. The van der Waals surface area contributed by atoms with Crippen molar-refractivity contribution in [2.24, 2.45) is 11.8 Å². The molecule has 26 heavy (non-hydrogen) atoms. The Morgan fingerprint density at radius 2 is 1.42 bits per heavy atom. The van der Waals surface area contributed by atoms with Gasteiger partial charge < -0.3 is 30.1 Å². The minimum atomic E-state index is 0. The summed E-state index contributed by atoms with van der Waals surface area (Å²) in [6.45, 7) is 8.04. The number of allylic oxidation sites excluding steroid dienone is 3. The third-order valence-corrected chi connectivity index (χ3v) is 4.91. The Balaban J connectivity index is 0. The summed E-state index contributed by atoms with van der Waals surface area (Å²) in [6, 6.07) is 0.616. The van der Waals surface area contributed by atoms with Gasteiger partial charge in [0.1, 0.15) is 0 Å². The van der Waals surface area contributed by atoms with Crippen LogP contribution in [0.5, 0.6) is 0 Å². The molecule has 2 rings (SSSR count). The van der Waals surface area contributed by atoms with Crippen LogP contribution in [0.15, 0.2) is 24.3 Å². The van der Waals surface area contributed by atoms with E-state index in [0.717, 1.165) is 12.5 Å². The van der Waals surface area contributed by atoms with E-state index in [9.17, 15) is 0 Å². The van der Waals surface area contributed by atoms with Crippen LogP contribution in [0.3, 0.4) is 0 Å². The van der Waals surface area contributed by atoms with E-state index >= 15 is 0 Å². The van der Waals surface area contributed by atoms with Crippen LogP contribution >= 0.6 is 0 Å². The molecule has 5 heteroatoms. The maximum atomic E-state index is 4.97. The van der Waals surface area contributed by atoms with E-state index in [1.54, 1.807) is 0 Å². The van der Waals surface area contributed by atoms with Crippen LogP contribution < -0.4 is 24.8 Å². The van der Waals surface area contributed by atoms with Crippen molar-refractivity contribution in [3.8, 4) is 0 Å². The van der Waals surface area contributed by atoms with Crippen LogP contribution in [0.2, 0.25) is 13.1 Å². The monoisotopic (exact) mass is 582 g/mol. The van der Waals surface area contributed by atoms with E-state index < -0.39 is 0 Å². The average molecular weight is 582 g/mol. The van der Waals surface area contributed by atoms with Crippen LogP contribution in [0, 0.1) is 11.8 Å². The molecule has 2 aliphatic rings. The van der Waals surface area contributed by atoms with Gasteiger partial charge in [-0.1, -0.05) is 89.0 Å². The number of hydrogen-bond acceptors (Lipinski definition) is 0. The molecule has 1 fully saturated rings. The van der Waals surface area contributed by atoms with E-state index in [1.807, 2.05) is 0 Å². The maximum Gasteiger partial charge on any atom is -1.00 e. The summed E-state index contributed by atoms with van der Waals surface area (Å²) in [4.78, 5) is 0. The van der Waals surface area contributed by atoms with Gasteiger partial charge in [0, 0.05) is 0 Å². The summed E-state index contributed by atoms with van der Waals surface area (Å²) in [5.74, 6) is 1.50. The van der Waals surface area contributed by atoms with Crippen molar-refractivity contribution in [3.05, 3.63) is 29.6 Å². The van der Waals surface area contributed by atoms with Gasteiger partial charge in [-0.2, -0.15) is 0 Å². The number of nitrogens with zero attached hydrogens (tertiary/aromatic N) is 1. The minimum absolute atomic E-state index is 0. The van der Waals surface area contributed by atoms with Crippen molar-refractivity contribution in [3.63, 3.8) is 0 Å². The van der Waals surface area contributed by atoms with Crippen LogP contribution in [-0.2, 0) is 23.0 Å². The third-order valence-electron chi connectivity index (χ3n) is 4.91. The first-order valence-corrected chi connectivity index (χ1v) is 18.1. The molecule has 150 valence electrons. The van der Waals surface area contributed by atoms with E-state index in [4.69, 9.17) is 5.32 Å². The fraction of sp³-hybridized carbons (Fsp3) is 0.810. The number of fused-ring (bicyclic) bond motifs is 1. The summed E-state index contributed by atoms with van der Waals surface area (Å²) >= 11 is 1.45. The molecular weight excluding hydrogens is 544 g/mol. The number of rotatable bonds is 10. The first kappa shape index (κ1) is 29.3. The molecule has 0 heterocycles. The van der Waals surface area contributed by atoms with Gasteiger partial charge in [0.05, 0.1) is 0 Å². The van der Waals surface area contributed by atoms with Crippen LogP contribution in [0.4, 0.5) is 0 Å². The van der Waals surface area contributed by atoms with Crippen molar-refractivity contribution in [1.29, 1.82) is 0 Å². The van der Waals surface area contributed by atoms with Gasteiger partial charge in [0.25, 0.3) is 0 Å². The van der Waals surface area contributed by atoms with Crippen molar-refractivity contribution >= 4 is 5.49 Å². The van der Waals surface area contributed by atoms with Gasteiger partial charge in [0.15, 0.2) is 0 Å². The summed E-state index contributed by atoms with van der Waals surface area (Å²) in [5.41, 5.74) is 0.259. The van der Waals surface area contributed by atoms with Gasteiger partial charge in [-0.15, -0.1) is 12.6 Å². The molecule has 2 aliphatic carbocycles. The van der Waals surface area contributed by atoms with Crippen LogP contribution in [0.1, 0.15) is 71.1 Å². The molecule has 3 atom stereocenters. The summed E-state index contributed by atoms with van der Waals surface area (Å²) in [5, 5.41) is 4.97. The van der Waals surface area contributed by atoms with Gasteiger partial charge >= 0.3 is 41.6 Å². The number of halogens is 2. The molecule has 0 aromatic heterocycles. The van der Waals surface area contributed by atoms with Crippen LogP contribution in [-0.4, -0.2) is 18.1 Å². The predicted octanol–water partition coefficient (Wildman–Crippen LogP) is 0.814. The van der Waals surface area contributed by atoms with Gasteiger partial charge in [-0.05, 0) is 18.3 Å². The third kappa shape index (κ3) is 14.2. The Morgan fingerprint density at radius 3 is 2.04 bits per heavy atom. The van der Waals surface area contributed by atoms with Gasteiger partial charge in [-0.25, -0.2) is 0 Å². The summed E-state index contributed by atoms with van der Waals surface area (Å²) in [7, 11) is 0. The van der Waals surface area contributed by atoms with E-state index in [-0.39, 0.29) is 30.3 Å². The van der Waals surface area contributed by atoms with Crippen LogP contribution in [0.25, 0.3) is 5.32 Å². The zero-order valence-electron chi connectivity index (χ0n) is 17.0. The molecule has 0 N–H and O–H groups in total. The minimum Gasteiger partial charge on any atom is -1.00 e. The molecule has 0 amide bonds. The van der Waals surface area contributed by atoms with Crippen molar-refractivity contribution in [1.82, 2.24) is 0 Å². The van der Waals surface area contributed by atoms with E-state index in [2.05, 4.69) is 44.3 Å². The number of unbranched alkanes of at least 4 members (excludes halogenated alkanes) is 7.